The van der Waals surface area contributed by atoms with Gasteiger partial charge in [-0.05, 0) is 0 Å². The minimum absolute atomic E-state index is 0.291. The Labute approximate surface area is 116 Å². The number of thiophene rings is 1. The second-order valence-corrected chi connectivity index (χ2v) is 6.90. The summed E-state index contributed by atoms with van der Waals surface area (Å²) >= 11 is 6.01. The zero-order chi connectivity index (χ0) is 14.8. The third-order valence-corrected chi connectivity index (χ3v) is 5.14. The molecule has 0 saturated heterocycles. The lowest BCUT2D eigenvalue weighted by Gasteiger charge is -2.07. The Morgan fingerprint density at radius 2 is 2.26 bits per heavy atom. The van der Waals surface area contributed by atoms with E-state index in [0.29, 0.717) is 11.3 Å². The highest BCUT2D eigenvalue weighted by atomic mass is 35.5. The van der Waals surface area contributed by atoms with Crippen molar-refractivity contribution in [2.45, 2.75) is 10.3 Å². The summed E-state index contributed by atoms with van der Waals surface area (Å²) in [6, 6.07) is 0.784. The van der Waals surface area contributed by atoms with Gasteiger partial charge in [0, 0.05) is 12.6 Å². The minimum Gasteiger partial charge on any atom is -0.382 e. The smallest absolute Gasteiger partial charge is 0.300 e. The monoisotopic (exact) mass is 329 g/mol. The van der Waals surface area contributed by atoms with E-state index in [1.807, 2.05) is 4.72 Å². The highest BCUT2D eigenvalue weighted by molar-refractivity contribution is 7.91. The van der Waals surface area contributed by atoms with Crippen molar-refractivity contribution < 1.29 is 23.2 Å². The van der Waals surface area contributed by atoms with Gasteiger partial charge in [0.15, 0.2) is 4.34 Å². The van der Waals surface area contributed by atoms with Crippen LogP contribution in [0.1, 0.15) is 0 Å². The van der Waals surface area contributed by atoms with Gasteiger partial charge in [0.05, 0.1) is 4.92 Å². The molecule has 1 aromatic heterocycles. The fraction of sp³-hybridized carbons (Fsp3) is 0.286. The molecule has 1 aromatic rings. The standard InChI is InChI=1S/C7H8ClN3O6S2/c8-6-3(11(14)15)1-5(18-6)19(16,17)10-2-4(12)7(9)13/h1,4,10,12H,2H2,(H2,9,13). The minimum atomic E-state index is -4.11. The Kier molecular flexibility index (Phi) is 4.81. The van der Waals surface area contributed by atoms with Crippen molar-refractivity contribution in [3.05, 3.63) is 20.5 Å². The number of aliphatic hydroxyl groups excluding tert-OH is 1. The van der Waals surface area contributed by atoms with E-state index in [4.69, 9.17) is 22.4 Å². The first-order chi connectivity index (χ1) is 8.65. The van der Waals surface area contributed by atoms with E-state index in [9.17, 15) is 23.3 Å². The van der Waals surface area contributed by atoms with E-state index >= 15 is 0 Å². The normalized spacial score (nSPS) is 13.2. The van der Waals surface area contributed by atoms with Crippen LogP contribution in [0.15, 0.2) is 10.3 Å². The van der Waals surface area contributed by atoms with Crippen molar-refractivity contribution in [1.29, 1.82) is 0 Å². The number of nitrogens with zero attached hydrogens (tertiary/aromatic N) is 1. The van der Waals surface area contributed by atoms with E-state index in [1.54, 1.807) is 0 Å². The molecule has 12 heteroatoms. The van der Waals surface area contributed by atoms with Crippen molar-refractivity contribution in [3.8, 4) is 0 Å². The molecule has 106 valence electrons. The molecule has 1 unspecified atom stereocenters. The van der Waals surface area contributed by atoms with Crippen molar-refractivity contribution in [2.75, 3.05) is 6.54 Å². The lowest BCUT2D eigenvalue weighted by molar-refractivity contribution is -0.384. The SMILES string of the molecule is NC(=O)C(O)CNS(=O)(=O)c1cc([N+](=O)[O-])c(Cl)s1. The van der Waals surface area contributed by atoms with Gasteiger partial charge in [-0.3, -0.25) is 14.9 Å². The summed E-state index contributed by atoms with van der Waals surface area (Å²) in [5.41, 5.74) is 4.20. The van der Waals surface area contributed by atoms with Crippen LogP contribution < -0.4 is 10.5 Å². The summed E-state index contributed by atoms with van der Waals surface area (Å²) in [6.07, 6.45) is -1.69. The number of nitrogens with two attached hydrogens (primary N) is 1. The summed E-state index contributed by atoms with van der Waals surface area (Å²) in [5, 5.41) is 19.6. The van der Waals surface area contributed by atoms with Crippen LogP contribution in [0.25, 0.3) is 0 Å². The van der Waals surface area contributed by atoms with Crippen LogP contribution in [-0.2, 0) is 14.8 Å². The van der Waals surface area contributed by atoms with Gasteiger partial charge in [0.25, 0.3) is 5.69 Å². The lowest BCUT2D eigenvalue weighted by Crippen LogP contribution is -2.39. The number of halogens is 1. The fourth-order valence-corrected chi connectivity index (χ4v) is 3.70. The molecule has 1 rings (SSSR count). The summed E-state index contributed by atoms with van der Waals surface area (Å²) in [6.45, 7) is -0.638. The second-order valence-electron chi connectivity index (χ2n) is 3.25. The Balaban J connectivity index is 2.92. The first-order valence-corrected chi connectivity index (χ1v) is 7.23. The molecule has 0 aliphatic carbocycles. The Morgan fingerprint density at radius 3 is 2.68 bits per heavy atom. The number of carbonyl (C=O) groups is 1. The molecular formula is C7H8ClN3O6S2. The Bertz CT molecular complexity index is 612. The predicted octanol–water partition coefficient (Wildman–Crippen LogP) is -0.566. The average molecular weight is 330 g/mol. The zero-order valence-electron chi connectivity index (χ0n) is 9.07. The van der Waals surface area contributed by atoms with E-state index in [-0.39, 0.29) is 4.34 Å². The largest absolute Gasteiger partial charge is 0.382 e. The molecule has 0 bridgehead atoms. The molecule has 0 spiro atoms. The van der Waals surface area contributed by atoms with E-state index < -0.39 is 43.4 Å². The topological polar surface area (TPSA) is 153 Å². The first kappa shape index (κ1) is 15.8. The van der Waals surface area contributed by atoms with Crippen LogP contribution in [-0.4, -0.2) is 37.0 Å². The highest BCUT2D eigenvalue weighted by Gasteiger charge is 2.26. The summed E-state index contributed by atoms with van der Waals surface area (Å²) in [7, 11) is -4.11. The average Bonchev–Trinajstić information content (AvgIpc) is 2.69. The zero-order valence-corrected chi connectivity index (χ0v) is 11.5. The molecule has 0 saturated carbocycles. The van der Waals surface area contributed by atoms with Gasteiger partial charge in [-0.1, -0.05) is 11.6 Å². The molecule has 1 heterocycles. The maximum atomic E-state index is 11.7. The predicted molar refractivity (Wildman–Crippen MR) is 66.4 cm³/mol. The van der Waals surface area contributed by atoms with Gasteiger partial charge >= 0.3 is 0 Å². The number of nitro groups is 1. The molecular weight excluding hydrogens is 322 g/mol. The van der Waals surface area contributed by atoms with Crippen LogP contribution in [0.2, 0.25) is 4.34 Å². The number of carbonyl (C=O) groups excluding carboxylic acids is 1. The van der Waals surface area contributed by atoms with Gasteiger partial charge in [0.2, 0.25) is 15.9 Å². The molecule has 0 aliphatic heterocycles. The van der Waals surface area contributed by atoms with Crippen molar-refractivity contribution >= 4 is 44.6 Å². The van der Waals surface area contributed by atoms with E-state index in [0.717, 1.165) is 6.07 Å². The van der Waals surface area contributed by atoms with E-state index in [1.165, 1.54) is 0 Å². The molecule has 19 heavy (non-hydrogen) atoms. The molecule has 0 radical (unpaired) electrons. The quantitative estimate of drug-likeness (QED) is 0.469. The molecule has 4 N–H and O–H groups in total. The summed E-state index contributed by atoms with van der Waals surface area (Å²) in [4.78, 5) is 20.2. The number of amides is 1. The van der Waals surface area contributed by atoms with Crippen LogP contribution in [0.3, 0.4) is 0 Å². The fourth-order valence-electron chi connectivity index (χ4n) is 0.956. The third-order valence-electron chi connectivity index (χ3n) is 1.90. The number of rotatable bonds is 6. The van der Waals surface area contributed by atoms with Gasteiger partial charge in [-0.2, -0.15) is 0 Å². The molecule has 0 fully saturated rings. The second kappa shape index (κ2) is 5.79. The molecule has 0 aliphatic rings. The summed E-state index contributed by atoms with van der Waals surface area (Å²) in [5.74, 6) is -1.10. The number of hydrogen-bond acceptors (Lipinski definition) is 7. The van der Waals surface area contributed by atoms with E-state index in [2.05, 4.69) is 0 Å². The number of hydrogen-bond donors (Lipinski definition) is 3. The van der Waals surface area contributed by atoms with Crippen LogP contribution in [0, 0.1) is 10.1 Å². The van der Waals surface area contributed by atoms with Crippen LogP contribution in [0.4, 0.5) is 5.69 Å². The first-order valence-electron chi connectivity index (χ1n) is 4.56. The highest BCUT2D eigenvalue weighted by Crippen LogP contribution is 2.35. The molecule has 9 nitrogen and oxygen atoms in total. The maximum absolute atomic E-state index is 11.7. The van der Waals surface area contributed by atoms with Crippen LogP contribution in [0.5, 0.6) is 0 Å². The van der Waals surface area contributed by atoms with Gasteiger partial charge in [-0.15, -0.1) is 11.3 Å². The lowest BCUT2D eigenvalue weighted by atomic mass is 10.3. The van der Waals surface area contributed by atoms with Gasteiger partial charge in [0.1, 0.15) is 10.3 Å². The number of sulfonamides is 1. The van der Waals surface area contributed by atoms with Gasteiger partial charge in [-0.25, -0.2) is 13.1 Å². The van der Waals surface area contributed by atoms with Crippen molar-refractivity contribution in [2.24, 2.45) is 5.73 Å². The summed E-state index contributed by atoms with van der Waals surface area (Å²) < 4.78 is 24.6. The maximum Gasteiger partial charge on any atom is 0.300 e. The number of primary amides is 1. The van der Waals surface area contributed by atoms with Crippen molar-refractivity contribution in [1.82, 2.24) is 4.72 Å². The molecule has 1 atom stereocenters. The number of nitrogens with one attached hydrogen (secondary N) is 1. The van der Waals surface area contributed by atoms with Crippen molar-refractivity contribution in [3.63, 3.8) is 0 Å². The Hall–Kier alpha value is -1.27. The molecule has 1 amide bonds. The van der Waals surface area contributed by atoms with Crippen LogP contribution >= 0.6 is 22.9 Å². The number of aliphatic hydroxyl groups is 1. The van der Waals surface area contributed by atoms with Gasteiger partial charge < -0.3 is 10.8 Å². The Morgan fingerprint density at radius 1 is 1.68 bits per heavy atom. The third kappa shape index (κ3) is 3.84. The molecule has 0 aromatic carbocycles.